The van der Waals surface area contributed by atoms with Crippen molar-refractivity contribution in [2.24, 2.45) is 5.92 Å². The molecule has 0 aliphatic carbocycles. The highest BCUT2D eigenvalue weighted by atomic mass is 16.5. The Morgan fingerprint density at radius 2 is 1.94 bits per heavy atom. The lowest BCUT2D eigenvalue weighted by Gasteiger charge is -2.44. The maximum atomic E-state index is 13.4. The molecule has 1 amide bonds. The summed E-state index contributed by atoms with van der Waals surface area (Å²) >= 11 is 0. The van der Waals surface area contributed by atoms with Crippen LogP contribution in [0.2, 0.25) is 0 Å². The number of ether oxygens (including phenoxy) is 1. The number of rotatable bonds is 5. The predicted molar refractivity (Wildman–Crippen MR) is 128 cm³/mol. The van der Waals surface area contributed by atoms with Crippen LogP contribution in [0.4, 0.5) is 5.69 Å². The van der Waals surface area contributed by atoms with Crippen LogP contribution in [0, 0.1) is 5.92 Å². The fourth-order valence-corrected chi connectivity index (χ4v) is 5.48. The summed E-state index contributed by atoms with van der Waals surface area (Å²) in [4.78, 5) is 21.7. The van der Waals surface area contributed by atoms with Crippen molar-refractivity contribution in [3.05, 3.63) is 78.1 Å². The van der Waals surface area contributed by atoms with Gasteiger partial charge in [0.15, 0.2) is 0 Å². The summed E-state index contributed by atoms with van der Waals surface area (Å²) in [7, 11) is 3.71. The number of likely N-dealkylation sites (N-methyl/N-ethyl adjacent to an activating group) is 1. The Bertz CT molecular complexity index is 1130. The zero-order valence-corrected chi connectivity index (χ0v) is 19.0. The fourth-order valence-electron chi connectivity index (χ4n) is 5.48. The van der Waals surface area contributed by atoms with E-state index in [4.69, 9.17) is 4.74 Å². The van der Waals surface area contributed by atoms with Gasteiger partial charge in [-0.05, 0) is 59.0 Å². The number of hydrogen-bond donors (Lipinski definition) is 1. The van der Waals surface area contributed by atoms with Crippen LogP contribution in [0.5, 0.6) is 5.75 Å². The standard InChI is InChI=1S/C27H29N3O3/c1-29-24-10-7-20(19-5-8-21(33-2)9-6-19)15-23(24)27-22(25(29)17-31)11-13-30(27)26(32)14-18-4-3-12-28-16-18/h3-10,12,15-16,22,25,27,31H,11,13-14,17H2,1-2H3/t22-,25-,27-/m1/s1. The molecule has 0 spiro atoms. The molecule has 6 nitrogen and oxygen atoms in total. The molecule has 1 N–H and O–H groups in total. The third-order valence-electron chi connectivity index (χ3n) is 7.17. The minimum absolute atomic E-state index is 0.00877. The Hall–Kier alpha value is -3.38. The third kappa shape index (κ3) is 3.85. The van der Waals surface area contributed by atoms with E-state index in [1.165, 1.54) is 0 Å². The van der Waals surface area contributed by atoms with Crippen LogP contribution in [0.3, 0.4) is 0 Å². The topological polar surface area (TPSA) is 65.9 Å². The smallest absolute Gasteiger partial charge is 0.227 e. The molecule has 170 valence electrons. The van der Waals surface area contributed by atoms with E-state index in [0.717, 1.165) is 40.1 Å². The van der Waals surface area contributed by atoms with Gasteiger partial charge in [0, 0.05) is 37.6 Å². The summed E-state index contributed by atoms with van der Waals surface area (Å²) in [6.07, 6.45) is 4.70. The minimum atomic E-state index is -0.0456. The summed E-state index contributed by atoms with van der Waals surface area (Å²) in [5.74, 6) is 1.12. The summed E-state index contributed by atoms with van der Waals surface area (Å²) in [6.45, 7) is 0.771. The second-order valence-electron chi connectivity index (χ2n) is 8.89. The molecule has 2 aliphatic heterocycles. The van der Waals surface area contributed by atoms with Crippen molar-refractivity contribution in [2.75, 3.05) is 32.2 Å². The van der Waals surface area contributed by atoms with Crippen molar-refractivity contribution in [1.29, 1.82) is 0 Å². The zero-order valence-electron chi connectivity index (χ0n) is 19.0. The van der Waals surface area contributed by atoms with Crippen LogP contribution in [0.15, 0.2) is 67.0 Å². The van der Waals surface area contributed by atoms with Crippen LogP contribution < -0.4 is 9.64 Å². The molecule has 33 heavy (non-hydrogen) atoms. The average molecular weight is 444 g/mol. The van der Waals surface area contributed by atoms with Gasteiger partial charge in [0.05, 0.1) is 32.2 Å². The number of aliphatic hydroxyl groups excluding tert-OH is 1. The molecule has 0 saturated carbocycles. The van der Waals surface area contributed by atoms with Gasteiger partial charge in [0.1, 0.15) is 5.75 Å². The van der Waals surface area contributed by atoms with Crippen molar-refractivity contribution in [1.82, 2.24) is 9.88 Å². The van der Waals surface area contributed by atoms with Gasteiger partial charge in [0.25, 0.3) is 0 Å². The number of fused-ring (bicyclic) bond motifs is 3. The molecule has 0 radical (unpaired) electrons. The Labute approximate surface area is 194 Å². The second-order valence-corrected chi connectivity index (χ2v) is 8.89. The van der Waals surface area contributed by atoms with Crippen LogP contribution in [0.1, 0.15) is 23.6 Å². The molecule has 3 heterocycles. The van der Waals surface area contributed by atoms with Crippen LogP contribution in [-0.4, -0.2) is 54.2 Å². The summed E-state index contributed by atoms with van der Waals surface area (Å²) in [5, 5.41) is 10.2. The van der Waals surface area contributed by atoms with E-state index in [0.29, 0.717) is 13.0 Å². The number of nitrogens with zero attached hydrogens (tertiary/aromatic N) is 3. The van der Waals surface area contributed by atoms with Gasteiger partial charge in [-0.15, -0.1) is 0 Å². The largest absolute Gasteiger partial charge is 0.497 e. The van der Waals surface area contributed by atoms with E-state index in [2.05, 4.69) is 40.2 Å². The molecule has 1 fully saturated rings. The van der Waals surface area contributed by atoms with E-state index in [-0.39, 0.29) is 30.5 Å². The number of methoxy groups -OCH3 is 1. The van der Waals surface area contributed by atoms with Crippen molar-refractivity contribution in [3.63, 3.8) is 0 Å². The molecule has 2 aliphatic rings. The summed E-state index contributed by atoms with van der Waals surface area (Å²) < 4.78 is 5.30. The highest BCUT2D eigenvalue weighted by Crippen LogP contribution is 2.49. The monoisotopic (exact) mass is 443 g/mol. The lowest BCUT2D eigenvalue weighted by Crippen LogP contribution is -2.48. The number of likely N-dealkylation sites (tertiary alicyclic amines) is 1. The highest BCUT2D eigenvalue weighted by Gasteiger charge is 2.47. The van der Waals surface area contributed by atoms with Crippen molar-refractivity contribution < 1.29 is 14.6 Å². The number of amides is 1. The number of anilines is 1. The molecule has 3 aromatic rings. The van der Waals surface area contributed by atoms with Crippen molar-refractivity contribution >= 4 is 11.6 Å². The molecule has 5 rings (SSSR count). The Morgan fingerprint density at radius 1 is 1.15 bits per heavy atom. The molecule has 0 unspecified atom stereocenters. The SMILES string of the molecule is COc1ccc(-c2ccc3c(c2)[C@H]2[C@H](CCN2C(=O)Cc2cccnc2)[C@@H](CO)N3C)cc1. The molecule has 3 atom stereocenters. The maximum absolute atomic E-state index is 13.4. The first-order chi connectivity index (χ1) is 16.1. The number of benzene rings is 2. The molecule has 0 bridgehead atoms. The highest BCUT2D eigenvalue weighted by molar-refractivity contribution is 5.81. The number of aliphatic hydroxyl groups is 1. The number of aromatic nitrogens is 1. The van der Waals surface area contributed by atoms with E-state index < -0.39 is 0 Å². The summed E-state index contributed by atoms with van der Waals surface area (Å²) in [5.41, 5.74) is 5.36. The van der Waals surface area contributed by atoms with Gasteiger partial charge in [-0.2, -0.15) is 0 Å². The van der Waals surface area contributed by atoms with E-state index >= 15 is 0 Å². The van der Waals surface area contributed by atoms with E-state index in [1.807, 2.05) is 36.2 Å². The predicted octanol–water partition coefficient (Wildman–Crippen LogP) is 3.70. The van der Waals surface area contributed by atoms with Crippen LogP contribution >= 0.6 is 0 Å². The minimum Gasteiger partial charge on any atom is -0.497 e. The first-order valence-corrected chi connectivity index (χ1v) is 11.4. The van der Waals surface area contributed by atoms with Crippen LogP contribution in [0.25, 0.3) is 11.1 Å². The molecule has 2 aromatic carbocycles. The summed E-state index contributed by atoms with van der Waals surface area (Å²) in [6, 6.07) is 18.2. The molecular weight excluding hydrogens is 414 g/mol. The number of hydrogen-bond acceptors (Lipinski definition) is 5. The molecule has 1 aromatic heterocycles. The first kappa shape index (κ1) is 21.5. The zero-order chi connectivity index (χ0) is 22.9. The maximum Gasteiger partial charge on any atom is 0.227 e. The first-order valence-electron chi connectivity index (χ1n) is 11.4. The number of carbonyl (C=O) groups is 1. The van der Waals surface area contributed by atoms with Gasteiger partial charge in [-0.1, -0.05) is 24.3 Å². The van der Waals surface area contributed by atoms with E-state index in [1.54, 1.807) is 19.5 Å². The van der Waals surface area contributed by atoms with Gasteiger partial charge < -0.3 is 19.6 Å². The average Bonchev–Trinajstić information content (AvgIpc) is 3.30. The normalized spacial score (nSPS) is 21.5. The molecule has 6 heteroatoms. The lowest BCUT2D eigenvalue weighted by molar-refractivity contribution is -0.132. The number of carbonyl (C=O) groups excluding carboxylic acids is 1. The third-order valence-corrected chi connectivity index (χ3v) is 7.17. The lowest BCUT2D eigenvalue weighted by atomic mass is 9.81. The molecular formula is C27H29N3O3. The van der Waals surface area contributed by atoms with Gasteiger partial charge >= 0.3 is 0 Å². The number of pyridine rings is 1. The van der Waals surface area contributed by atoms with Gasteiger partial charge in [-0.3, -0.25) is 9.78 Å². The van der Waals surface area contributed by atoms with Gasteiger partial charge in [-0.25, -0.2) is 0 Å². The fraction of sp³-hybridized carbons (Fsp3) is 0.333. The van der Waals surface area contributed by atoms with Crippen LogP contribution in [-0.2, 0) is 11.2 Å². The Kier molecular flexibility index (Phi) is 5.77. The van der Waals surface area contributed by atoms with Crippen molar-refractivity contribution in [2.45, 2.75) is 24.9 Å². The second kappa shape index (κ2) is 8.87. The Balaban J connectivity index is 1.53. The van der Waals surface area contributed by atoms with E-state index in [9.17, 15) is 9.90 Å². The molecule has 1 saturated heterocycles. The van der Waals surface area contributed by atoms with Gasteiger partial charge in [0.2, 0.25) is 5.91 Å². The Morgan fingerprint density at radius 3 is 2.64 bits per heavy atom. The van der Waals surface area contributed by atoms with Crippen molar-refractivity contribution in [3.8, 4) is 16.9 Å². The quantitative estimate of drug-likeness (QED) is 0.651.